The van der Waals surface area contributed by atoms with E-state index in [0.29, 0.717) is 6.54 Å². The fourth-order valence-corrected chi connectivity index (χ4v) is 2.76. The molecule has 3 aromatic rings. The Balaban J connectivity index is 1.41. The highest BCUT2D eigenvalue weighted by atomic mass is 16.2. The summed E-state index contributed by atoms with van der Waals surface area (Å²) >= 11 is 0. The van der Waals surface area contributed by atoms with E-state index in [1.807, 2.05) is 62.5 Å². The maximum absolute atomic E-state index is 11.9. The maximum atomic E-state index is 11.9. The molecule has 0 aliphatic carbocycles. The molecule has 1 heterocycles. The lowest BCUT2D eigenvalue weighted by molar-refractivity contribution is -0.119. The highest BCUT2D eigenvalue weighted by Crippen LogP contribution is 2.15. The Kier molecular flexibility index (Phi) is 6.89. The molecule has 0 radical (unpaired) electrons. The molecule has 0 saturated carbocycles. The van der Waals surface area contributed by atoms with Crippen molar-refractivity contribution >= 4 is 23.9 Å². The molecule has 0 atom stereocenters. The summed E-state index contributed by atoms with van der Waals surface area (Å²) in [6, 6.07) is 16.1. The van der Waals surface area contributed by atoms with Crippen LogP contribution in [0.2, 0.25) is 0 Å². The molecular weight excluding hydrogens is 364 g/mol. The highest BCUT2D eigenvalue weighted by molar-refractivity contribution is 5.83. The molecule has 0 bridgehead atoms. The van der Waals surface area contributed by atoms with Gasteiger partial charge in [-0.05, 0) is 43.2 Å². The molecule has 7 nitrogen and oxygen atoms in total. The van der Waals surface area contributed by atoms with Gasteiger partial charge >= 0.3 is 0 Å². The Hall–Kier alpha value is -3.74. The predicted octanol–water partition coefficient (Wildman–Crippen LogP) is 3.17. The number of aromatic nitrogens is 3. The number of carbonyl (C=O) groups excluding carboxylic acids is 1. The van der Waals surface area contributed by atoms with Gasteiger partial charge in [-0.2, -0.15) is 5.10 Å². The summed E-state index contributed by atoms with van der Waals surface area (Å²) in [5.41, 5.74) is 7.59. The summed E-state index contributed by atoms with van der Waals surface area (Å²) in [6.07, 6.45) is 6.84. The van der Waals surface area contributed by atoms with Crippen molar-refractivity contribution in [2.45, 2.75) is 20.4 Å². The maximum Gasteiger partial charge on any atom is 0.259 e. The Morgan fingerprint density at radius 1 is 1.17 bits per heavy atom. The van der Waals surface area contributed by atoms with Crippen LogP contribution < -0.4 is 10.7 Å². The van der Waals surface area contributed by atoms with Crippen LogP contribution >= 0.6 is 0 Å². The molecule has 0 aliphatic rings. The van der Waals surface area contributed by atoms with E-state index in [9.17, 15) is 4.79 Å². The van der Waals surface area contributed by atoms with E-state index in [1.54, 1.807) is 16.8 Å². The summed E-state index contributed by atoms with van der Waals surface area (Å²) in [6.45, 7) is 4.86. The van der Waals surface area contributed by atoms with Crippen LogP contribution in [0, 0.1) is 13.8 Å². The van der Waals surface area contributed by atoms with Gasteiger partial charge in [-0.3, -0.25) is 4.79 Å². The lowest BCUT2D eigenvalue weighted by atomic mass is 10.1. The van der Waals surface area contributed by atoms with Crippen LogP contribution in [0.3, 0.4) is 0 Å². The lowest BCUT2D eigenvalue weighted by Crippen LogP contribution is -2.25. The molecule has 3 rings (SSSR count). The normalized spacial score (nSPS) is 11.2. The van der Waals surface area contributed by atoms with Gasteiger partial charge in [0.15, 0.2) is 0 Å². The topological polar surface area (TPSA) is 84.2 Å². The number of hydrogen-bond donors (Lipinski definition) is 2. The minimum absolute atomic E-state index is 0.152. The number of nitrogens with one attached hydrogen (secondary N) is 2. The second-order valence-electron chi connectivity index (χ2n) is 6.67. The van der Waals surface area contributed by atoms with Gasteiger partial charge < -0.3 is 5.32 Å². The number of hydrazone groups is 1. The van der Waals surface area contributed by atoms with E-state index in [2.05, 4.69) is 32.2 Å². The van der Waals surface area contributed by atoms with Crippen molar-refractivity contribution in [1.82, 2.24) is 20.4 Å². The van der Waals surface area contributed by atoms with E-state index < -0.39 is 0 Å². The van der Waals surface area contributed by atoms with E-state index >= 15 is 0 Å². The summed E-state index contributed by atoms with van der Waals surface area (Å²) < 4.78 is 1.77. The van der Waals surface area contributed by atoms with Crippen LogP contribution in [0.25, 0.3) is 6.08 Å². The first-order valence-electron chi connectivity index (χ1n) is 9.34. The van der Waals surface area contributed by atoms with Crippen LogP contribution in [0.4, 0.5) is 5.69 Å². The van der Waals surface area contributed by atoms with Gasteiger partial charge in [-0.15, -0.1) is 5.10 Å². The number of aryl methyl sites for hydroxylation is 2. The third-order valence-corrected chi connectivity index (χ3v) is 4.18. The molecule has 148 valence electrons. The van der Waals surface area contributed by atoms with E-state index in [1.165, 1.54) is 11.8 Å². The Labute approximate surface area is 170 Å². The molecule has 0 saturated heterocycles. The van der Waals surface area contributed by atoms with E-state index in [-0.39, 0.29) is 12.5 Å². The standard InChI is InChI=1S/C22H24N6O/c1-17-10-11-21(18(2)13-17)23-14-22(29)26-24-12-6-9-20-16-28(27-25-20)15-19-7-4-3-5-8-19/h3-13,16,23H,14-15H2,1-2H3,(H,26,29)/b9-6+,24-12-. The van der Waals surface area contributed by atoms with Crippen molar-refractivity contribution in [1.29, 1.82) is 0 Å². The SMILES string of the molecule is Cc1ccc(NCC(=O)N/N=C\C=C\c2cn(Cc3ccccc3)nn2)c(C)c1. The van der Waals surface area contributed by atoms with E-state index in [0.717, 1.165) is 22.5 Å². The number of anilines is 1. The lowest BCUT2D eigenvalue weighted by Gasteiger charge is -2.09. The number of nitrogens with zero attached hydrogens (tertiary/aromatic N) is 4. The van der Waals surface area contributed by atoms with Gasteiger partial charge in [0.2, 0.25) is 0 Å². The van der Waals surface area contributed by atoms with Crippen molar-refractivity contribution < 1.29 is 4.79 Å². The predicted molar refractivity (Wildman–Crippen MR) is 116 cm³/mol. The van der Waals surface area contributed by atoms with Crippen LogP contribution in [0.5, 0.6) is 0 Å². The summed E-state index contributed by atoms with van der Waals surface area (Å²) in [5.74, 6) is -0.219. The minimum atomic E-state index is -0.219. The smallest absolute Gasteiger partial charge is 0.259 e. The molecule has 0 aliphatic heterocycles. The minimum Gasteiger partial charge on any atom is -0.376 e. The quantitative estimate of drug-likeness (QED) is 0.459. The van der Waals surface area contributed by atoms with Gasteiger partial charge in [0.1, 0.15) is 5.69 Å². The molecule has 0 unspecified atom stereocenters. The van der Waals surface area contributed by atoms with Gasteiger partial charge in [0.05, 0.1) is 19.3 Å². The largest absolute Gasteiger partial charge is 0.376 e. The molecule has 0 fully saturated rings. The second-order valence-corrected chi connectivity index (χ2v) is 6.67. The Morgan fingerprint density at radius 3 is 2.79 bits per heavy atom. The Morgan fingerprint density at radius 2 is 2.00 bits per heavy atom. The number of benzene rings is 2. The van der Waals surface area contributed by atoms with Gasteiger partial charge in [0.25, 0.3) is 5.91 Å². The fourth-order valence-electron chi connectivity index (χ4n) is 2.76. The van der Waals surface area contributed by atoms with E-state index in [4.69, 9.17) is 0 Å². The molecule has 0 spiro atoms. The monoisotopic (exact) mass is 388 g/mol. The van der Waals surface area contributed by atoms with Gasteiger partial charge in [-0.25, -0.2) is 10.1 Å². The van der Waals surface area contributed by atoms with Crippen molar-refractivity contribution in [3.05, 3.63) is 83.2 Å². The molecule has 1 aromatic heterocycles. The average molecular weight is 388 g/mol. The zero-order valence-corrected chi connectivity index (χ0v) is 16.5. The van der Waals surface area contributed by atoms with Gasteiger partial charge in [0, 0.05) is 11.9 Å². The number of rotatable bonds is 8. The summed E-state index contributed by atoms with van der Waals surface area (Å²) in [7, 11) is 0. The molecule has 2 N–H and O–H groups in total. The average Bonchev–Trinajstić information content (AvgIpc) is 3.15. The molecule has 1 amide bonds. The van der Waals surface area contributed by atoms with Crippen molar-refractivity contribution in [3.63, 3.8) is 0 Å². The molecule has 7 heteroatoms. The molecular formula is C22H24N6O. The zero-order chi connectivity index (χ0) is 20.5. The van der Waals surface area contributed by atoms with Crippen molar-refractivity contribution in [2.75, 3.05) is 11.9 Å². The van der Waals surface area contributed by atoms with Gasteiger partial charge in [-0.1, -0.05) is 53.2 Å². The number of allylic oxidation sites excluding steroid dienone is 1. The number of carbonyl (C=O) groups is 1. The van der Waals surface area contributed by atoms with Crippen LogP contribution in [0.15, 0.2) is 65.9 Å². The van der Waals surface area contributed by atoms with Crippen molar-refractivity contribution in [2.24, 2.45) is 5.10 Å². The third kappa shape index (κ3) is 6.42. The first-order chi connectivity index (χ1) is 14.1. The summed E-state index contributed by atoms with van der Waals surface area (Å²) in [4.78, 5) is 11.9. The second kappa shape index (κ2) is 9.98. The molecule has 29 heavy (non-hydrogen) atoms. The van der Waals surface area contributed by atoms with Crippen LogP contribution in [0.1, 0.15) is 22.4 Å². The highest BCUT2D eigenvalue weighted by Gasteiger charge is 2.02. The van der Waals surface area contributed by atoms with Crippen molar-refractivity contribution in [3.8, 4) is 0 Å². The number of amides is 1. The van der Waals surface area contributed by atoms with Crippen LogP contribution in [-0.4, -0.2) is 33.7 Å². The first kappa shape index (κ1) is 20.0. The zero-order valence-electron chi connectivity index (χ0n) is 16.5. The Bertz CT molecular complexity index is 1010. The summed E-state index contributed by atoms with van der Waals surface area (Å²) in [5, 5.41) is 15.2. The first-order valence-corrected chi connectivity index (χ1v) is 9.34. The third-order valence-electron chi connectivity index (χ3n) is 4.18. The van der Waals surface area contributed by atoms with Crippen LogP contribution in [-0.2, 0) is 11.3 Å². The fraction of sp³-hybridized carbons (Fsp3) is 0.182. The molecule has 2 aromatic carbocycles. The number of hydrogen-bond acceptors (Lipinski definition) is 5.